The van der Waals surface area contributed by atoms with Gasteiger partial charge in [0, 0.05) is 50.2 Å². The monoisotopic (exact) mass is 563 g/mol. The SMILES string of the molecule is O=C(NC[C@@H]1CCCO1)[C@@H]1COC2(CCN(C(=O)c3ccc(Cl)c(Cl)c3)CC2)N1C(=O)c1ccc(F)cc1. The molecule has 0 unspecified atom stereocenters. The Bertz CT molecular complexity index is 1210. The van der Waals surface area contributed by atoms with Crippen molar-refractivity contribution in [2.75, 3.05) is 32.8 Å². The molecule has 2 aromatic carbocycles. The maximum absolute atomic E-state index is 13.7. The highest BCUT2D eigenvalue weighted by atomic mass is 35.5. The average molecular weight is 564 g/mol. The zero-order valence-electron chi connectivity index (χ0n) is 20.6. The molecule has 5 rings (SSSR count). The van der Waals surface area contributed by atoms with Crippen molar-refractivity contribution < 1.29 is 28.2 Å². The van der Waals surface area contributed by atoms with E-state index in [-0.39, 0.29) is 35.1 Å². The minimum atomic E-state index is -1.08. The molecule has 3 aliphatic heterocycles. The van der Waals surface area contributed by atoms with E-state index in [1.807, 2.05) is 0 Å². The van der Waals surface area contributed by atoms with Crippen molar-refractivity contribution in [1.82, 2.24) is 15.1 Å². The fourth-order valence-corrected chi connectivity index (χ4v) is 5.61. The molecule has 202 valence electrons. The Kier molecular flexibility index (Phi) is 7.90. The van der Waals surface area contributed by atoms with Crippen LogP contribution in [0.4, 0.5) is 4.39 Å². The van der Waals surface area contributed by atoms with Crippen LogP contribution in [0.1, 0.15) is 46.4 Å². The Morgan fingerprint density at radius 2 is 1.71 bits per heavy atom. The quantitative estimate of drug-likeness (QED) is 0.596. The second-order valence-corrected chi connectivity index (χ2v) is 10.6. The third kappa shape index (κ3) is 5.38. The lowest BCUT2D eigenvalue weighted by molar-refractivity contribution is -0.128. The zero-order chi connectivity index (χ0) is 26.9. The summed E-state index contributed by atoms with van der Waals surface area (Å²) in [6.45, 7) is 1.65. The van der Waals surface area contributed by atoms with E-state index in [1.165, 1.54) is 35.2 Å². The van der Waals surface area contributed by atoms with Gasteiger partial charge in [0.25, 0.3) is 11.8 Å². The third-order valence-electron chi connectivity index (χ3n) is 7.40. The normalized spacial score (nSPS) is 22.6. The van der Waals surface area contributed by atoms with Crippen LogP contribution in [0.25, 0.3) is 0 Å². The molecule has 0 aliphatic carbocycles. The molecule has 1 N–H and O–H groups in total. The number of amides is 3. The molecular weight excluding hydrogens is 536 g/mol. The molecular formula is C27H28Cl2FN3O5. The number of halogens is 3. The molecule has 0 saturated carbocycles. The van der Waals surface area contributed by atoms with Crippen LogP contribution in [0.3, 0.4) is 0 Å². The first-order valence-corrected chi connectivity index (χ1v) is 13.4. The summed E-state index contributed by atoms with van der Waals surface area (Å²) < 4.78 is 25.4. The van der Waals surface area contributed by atoms with Gasteiger partial charge in [-0.25, -0.2) is 4.39 Å². The van der Waals surface area contributed by atoms with Crippen molar-refractivity contribution in [2.24, 2.45) is 0 Å². The van der Waals surface area contributed by atoms with Gasteiger partial charge in [0.15, 0.2) is 0 Å². The minimum Gasteiger partial charge on any atom is -0.376 e. The molecule has 3 heterocycles. The molecule has 8 nitrogen and oxygen atoms in total. The number of likely N-dealkylation sites (tertiary alicyclic amines) is 1. The van der Waals surface area contributed by atoms with Gasteiger partial charge in [-0.15, -0.1) is 0 Å². The van der Waals surface area contributed by atoms with Crippen LogP contribution in [0.5, 0.6) is 0 Å². The summed E-state index contributed by atoms with van der Waals surface area (Å²) in [4.78, 5) is 43.2. The van der Waals surface area contributed by atoms with Crippen molar-refractivity contribution in [1.29, 1.82) is 0 Å². The Hall–Kier alpha value is -2.72. The maximum Gasteiger partial charge on any atom is 0.256 e. The Morgan fingerprint density at radius 3 is 2.37 bits per heavy atom. The summed E-state index contributed by atoms with van der Waals surface area (Å²) >= 11 is 12.1. The predicted molar refractivity (Wildman–Crippen MR) is 139 cm³/mol. The lowest BCUT2D eigenvalue weighted by Gasteiger charge is -2.44. The highest BCUT2D eigenvalue weighted by Gasteiger charge is 2.54. The Balaban J connectivity index is 1.34. The number of carbonyl (C=O) groups excluding carboxylic acids is 3. The van der Waals surface area contributed by atoms with Crippen LogP contribution in [0.15, 0.2) is 42.5 Å². The topological polar surface area (TPSA) is 88.2 Å². The van der Waals surface area contributed by atoms with Gasteiger partial charge < -0.3 is 19.7 Å². The second kappa shape index (κ2) is 11.2. The Morgan fingerprint density at radius 1 is 1.00 bits per heavy atom. The first kappa shape index (κ1) is 26.9. The van der Waals surface area contributed by atoms with E-state index in [0.29, 0.717) is 49.7 Å². The molecule has 11 heteroatoms. The maximum atomic E-state index is 13.7. The van der Waals surface area contributed by atoms with Gasteiger partial charge >= 0.3 is 0 Å². The van der Waals surface area contributed by atoms with E-state index in [9.17, 15) is 18.8 Å². The molecule has 3 fully saturated rings. The molecule has 3 saturated heterocycles. The second-order valence-electron chi connectivity index (χ2n) is 9.76. The number of nitrogens with zero attached hydrogens (tertiary/aromatic N) is 2. The van der Waals surface area contributed by atoms with Gasteiger partial charge in [0.1, 0.15) is 17.6 Å². The van der Waals surface area contributed by atoms with E-state index in [2.05, 4.69) is 5.32 Å². The summed E-state index contributed by atoms with van der Waals surface area (Å²) in [5.41, 5.74) is -0.415. The fourth-order valence-electron chi connectivity index (χ4n) is 5.31. The summed E-state index contributed by atoms with van der Waals surface area (Å²) in [6, 6.07) is 9.07. The smallest absolute Gasteiger partial charge is 0.256 e. The molecule has 2 aromatic rings. The molecule has 1 spiro atoms. The number of nitrogens with one attached hydrogen (secondary N) is 1. The van der Waals surface area contributed by atoms with Crippen LogP contribution in [0.2, 0.25) is 10.0 Å². The number of benzene rings is 2. The van der Waals surface area contributed by atoms with Crippen molar-refractivity contribution in [3.63, 3.8) is 0 Å². The van der Waals surface area contributed by atoms with Crippen molar-refractivity contribution in [3.05, 3.63) is 69.5 Å². The molecule has 0 bridgehead atoms. The average Bonchev–Trinajstić information content (AvgIpc) is 3.57. The first-order valence-electron chi connectivity index (χ1n) is 12.6. The van der Waals surface area contributed by atoms with Crippen LogP contribution >= 0.6 is 23.2 Å². The fraction of sp³-hybridized carbons (Fsp3) is 0.444. The van der Waals surface area contributed by atoms with Crippen LogP contribution in [-0.2, 0) is 14.3 Å². The van der Waals surface area contributed by atoms with Gasteiger partial charge in [-0.05, 0) is 55.3 Å². The standard InChI is InChI=1S/C27H28Cl2FN3O5/c28-21-8-5-18(14-22(21)29)25(35)32-11-9-27(10-12-32)33(26(36)17-3-6-19(30)7-4-17)23(16-38-27)24(34)31-15-20-2-1-13-37-20/h3-8,14,20,23H,1-2,9-13,15-16H2,(H,31,34)/t20-,23-/m0/s1. The molecule has 2 atom stereocenters. The predicted octanol–water partition coefficient (Wildman–Crippen LogP) is 3.90. The number of hydrogen-bond donors (Lipinski definition) is 1. The zero-order valence-corrected chi connectivity index (χ0v) is 22.1. The van der Waals surface area contributed by atoms with Gasteiger partial charge in [-0.2, -0.15) is 0 Å². The van der Waals surface area contributed by atoms with Crippen LogP contribution in [-0.4, -0.2) is 78.2 Å². The molecule has 3 amide bonds. The van der Waals surface area contributed by atoms with Gasteiger partial charge in [-0.1, -0.05) is 23.2 Å². The van der Waals surface area contributed by atoms with Crippen LogP contribution < -0.4 is 5.32 Å². The highest BCUT2D eigenvalue weighted by Crippen LogP contribution is 2.39. The number of piperidine rings is 1. The lowest BCUT2D eigenvalue weighted by atomic mass is 9.96. The largest absolute Gasteiger partial charge is 0.376 e. The van der Waals surface area contributed by atoms with Gasteiger partial charge in [0.2, 0.25) is 5.91 Å². The van der Waals surface area contributed by atoms with Crippen molar-refractivity contribution in [3.8, 4) is 0 Å². The van der Waals surface area contributed by atoms with Crippen molar-refractivity contribution >= 4 is 40.9 Å². The molecule has 0 aromatic heterocycles. The van der Waals surface area contributed by atoms with E-state index in [0.717, 1.165) is 12.8 Å². The Labute approximate surface area is 229 Å². The highest BCUT2D eigenvalue weighted by molar-refractivity contribution is 6.42. The number of rotatable bonds is 5. The summed E-state index contributed by atoms with van der Waals surface area (Å²) in [7, 11) is 0. The number of hydrogen-bond acceptors (Lipinski definition) is 5. The summed E-state index contributed by atoms with van der Waals surface area (Å²) in [6.07, 6.45) is 2.38. The number of carbonyl (C=O) groups is 3. The van der Waals surface area contributed by atoms with Crippen LogP contribution in [0, 0.1) is 5.82 Å². The van der Waals surface area contributed by atoms with Gasteiger partial charge in [0.05, 0.1) is 22.8 Å². The number of ether oxygens (including phenoxy) is 2. The minimum absolute atomic E-state index is 0.0189. The lowest BCUT2D eigenvalue weighted by Crippen LogP contribution is -2.60. The van der Waals surface area contributed by atoms with E-state index in [1.54, 1.807) is 17.0 Å². The van der Waals surface area contributed by atoms with Gasteiger partial charge in [-0.3, -0.25) is 19.3 Å². The van der Waals surface area contributed by atoms with Crippen molar-refractivity contribution in [2.45, 2.75) is 43.6 Å². The first-order chi connectivity index (χ1) is 18.3. The molecule has 3 aliphatic rings. The molecule has 0 radical (unpaired) electrons. The molecule has 38 heavy (non-hydrogen) atoms. The third-order valence-corrected chi connectivity index (χ3v) is 8.14. The van der Waals surface area contributed by atoms with E-state index >= 15 is 0 Å². The summed E-state index contributed by atoms with van der Waals surface area (Å²) in [5, 5.41) is 3.56. The van der Waals surface area contributed by atoms with E-state index in [4.69, 9.17) is 32.7 Å². The summed E-state index contributed by atoms with van der Waals surface area (Å²) in [5.74, 6) is -1.43. The van der Waals surface area contributed by atoms with E-state index < -0.39 is 23.5 Å².